The van der Waals surface area contributed by atoms with E-state index in [1.165, 1.54) is 36.8 Å². The molecule has 40 heavy (non-hydrogen) atoms. The Balaban J connectivity index is 2.44. The van der Waals surface area contributed by atoms with Crippen LogP contribution in [-0.4, -0.2) is 24.4 Å². The van der Waals surface area contributed by atoms with Gasteiger partial charge in [0.1, 0.15) is 12.4 Å². The molecule has 0 atom stereocenters. The van der Waals surface area contributed by atoms with Gasteiger partial charge in [0.2, 0.25) is 5.75 Å². The number of aryl methyl sites for hydroxylation is 1. The lowest BCUT2D eigenvalue weighted by atomic mass is 10.1. The molecule has 2 aromatic rings. The number of hydrogen-bond donors (Lipinski definition) is 0. The summed E-state index contributed by atoms with van der Waals surface area (Å²) < 4.78 is 20.4. The van der Waals surface area contributed by atoms with Gasteiger partial charge in [-0.15, -0.1) is 0 Å². The van der Waals surface area contributed by atoms with Crippen LogP contribution >= 0.6 is 0 Å². The minimum absolute atomic E-state index is 0.117. The first-order valence-electron chi connectivity index (χ1n) is 15.8. The van der Waals surface area contributed by atoms with Crippen LogP contribution in [0.25, 0.3) is 10.9 Å². The van der Waals surface area contributed by atoms with Crippen molar-refractivity contribution in [1.82, 2.24) is 4.57 Å². The van der Waals surface area contributed by atoms with Gasteiger partial charge >= 0.3 is 0 Å². The highest BCUT2D eigenvalue weighted by atomic mass is 16.5. The summed E-state index contributed by atoms with van der Waals surface area (Å²) in [5, 5.41) is 0.906. The van der Waals surface area contributed by atoms with Gasteiger partial charge in [-0.05, 0) is 71.1 Å². The Morgan fingerprint density at radius 3 is 2.15 bits per heavy atom. The van der Waals surface area contributed by atoms with Crippen molar-refractivity contribution >= 4 is 10.9 Å². The summed E-state index contributed by atoms with van der Waals surface area (Å²) in [6, 6.07) is 6.02. The Kier molecular flexibility index (Phi) is 16.3. The third-order valence-electron chi connectivity index (χ3n) is 7.15. The number of hydrogen-bond acceptors (Lipinski definition) is 4. The van der Waals surface area contributed by atoms with Gasteiger partial charge in [-0.25, -0.2) is 0 Å². The highest BCUT2D eigenvalue weighted by molar-refractivity contribution is 5.89. The second kappa shape index (κ2) is 19.4. The van der Waals surface area contributed by atoms with Crippen molar-refractivity contribution in [1.29, 1.82) is 0 Å². The SMILES string of the molecule is CCCCCCCCn1c(=O)c(OC/C=C(\C)CCC=C(C)C)c(OCCCC)c2ccc(OCCCC)cc21. The van der Waals surface area contributed by atoms with Gasteiger partial charge in [-0.2, -0.15) is 0 Å². The second-order valence-electron chi connectivity index (χ2n) is 11.1. The van der Waals surface area contributed by atoms with Gasteiger partial charge in [0.15, 0.2) is 5.75 Å². The molecule has 0 fully saturated rings. The molecule has 0 amide bonds. The van der Waals surface area contributed by atoms with E-state index in [9.17, 15) is 4.79 Å². The minimum Gasteiger partial charge on any atom is -0.494 e. The summed E-state index contributed by atoms with van der Waals surface area (Å²) in [5.74, 6) is 1.67. The molecule has 0 aliphatic heterocycles. The number of ether oxygens (including phenoxy) is 3. The summed E-state index contributed by atoms with van der Waals surface area (Å²) in [4.78, 5) is 14.0. The van der Waals surface area contributed by atoms with E-state index in [0.717, 1.165) is 68.0 Å². The van der Waals surface area contributed by atoms with Gasteiger partial charge in [0, 0.05) is 18.0 Å². The van der Waals surface area contributed by atoms with Crippen molar-refractivity contribution in [3.8, 4) is 17.2 Å². The Labute approximate surface area is 243 Å². The Hall–Kier alpha value is -2.69. The van der Waals surface area contributed by atoms with E-state index in [1.54, 1.807) is 0 Å². The predicted molar refractivity (Wildman–Crippen MR) is 170 cm³/mol. The van der Waals surface area contributed by atoms with Crippen LogP contribution in [0.5, 0.6) is 17.2 Å². The van der Waals surface area contributed by atoms with Gasteiger partial charge < -0.3 is 18.8 Å². The molecule has 0 N–H and O–H groups in total. The maximum atomic E-state index is 14.0. The highest BCUT2D eigenvalue weighted by Gasteiger charge is 2.20. The van der Waals surface area contributed by atoms with E-state index < -0.39 is 0 Å². The average molecular weight is 554 g/mol. The zero-order valence-corrected chi connectivity index (χ0v) is 26.3. The second-order valence-corrected chi connectivity index (χ2v) is 11.1. The standard InChI is InChI=1S/C35H55NO4/c1-7-10-13-14-15-16-23-36-32-27-30(38-24-11-8-2)20-21-31(32)33(39-25-12-9-3)34(35(36)37)40-26-22-29(6)19-17-18-28(4)5/h18,20-22,27H,7-17,19,23-26H2,1-6H3/b29-22+. The monoisotopic (exact) mass is 553 g/mol. The molecule has 0 bridgehead atoms. The van der Waals surface area contributed by atoms with Crippen molar-refractivity contribution in [3.05, 3.63) is 51.9 Å². The first-order chi connectivity index (χ1) is 19.4. The van der Waals surface area contributed by atoms with Crippen LogP contribution in [-0.2, 0) is 6.54 Å². The molecule has 5 heteroatoms. The van der Waals surface area contributed by atoms with E-state index in [-0.39, 0.29) is 5.56 Å². The molecule has 0 aliphatic rings. The van der Waals surface area contributed by atoms with Crippen LogP contribution in [0.3, 0.4) is 0 Å². The lowest BCUT2D eigenvalue weighted by Gasteiger charge is -2.19. The maximum Gasteiger partial charge on any atom is 0.297 e. The summed E-state index contributed by atoms with van der Waals surface area (Å²) in [5.41, 5.74) is 3.33. The van der Waals surface area contributed by atoms with E-state index in [4.69, 9.17) is 14.2 Å². The number of aromatic nitrogens is 1. The predicted octanol–water partition coefficient (Wildman–Crippen LogP) is 9.79. The van der Waals surface area contributed by atoms with Gasteiger partial charge in [-0.3, -0.25) is 4.79 Å². The van der Waals surface area contributed by atoms with Crippen molar-refractivity contribution in [3.63, 3.8) is 0 Å². The van der Waals surface area contributed by atoms with Gasteiger partial charge in [0.05, 0.1) is 18.7 Å². The zero-order chi connectivity index (χ0) is 29.2. The van der Waals surface area contributed by atoms with Crippen molar-refractivity contribution in [2.24, 2.45) is 0 Å². The highest BCUT2D eigenvalue weighted by Crippen LogP contribution is 2.35. The summed E-state index contributed by atoms with van der Waals surface area (Å²) in [6.07, 6.45) is 17.4. The largest absolute Gasteiger partial charge is 0.494 e. The quantitative estimate of drug-likeness (QED) is 0.114. The van der Waals surface area contributed by atoms with E-state index in [0.29, 0.717) is 37.9 Å². The van der Waals surface area contributed by atoms with Crippen molar-refractivity contribution in [2.75, 3.05) is 19.8 Å². The number of nitrogens with zero attached hydrogens (tertiary/aromatic N) is 1. The molecule has 0 radical (unpaired) electrons. The third kappa shape index (κ3) is 11.4. The van der Waals surface area contributed by atoms with Crippen molar-refractivity contribution < 1.29 is 14.2 Å². The average Bonchev–Trinajstić information content (AvgIpc) is 2.93. The fraction of sp³-hybridized carbons (Fsp3) is 0.629. The zero-order valence-electron chi connectivity index (χ0n) is 26.3. The molecule has 224 valence electrons. The molecule has 0 saturated heterocycles. The van der Waals surface area contributed by atoms with Crippen molar-refractivity contribution in [2.45, 2.75) is 125 Å². The fourth-order valence-corrected chi connectivity index (χ4v) is 4.62. The Morgan fingerprint density at radius 2 is 1.45 bits per heavy atom. The summed E-state index contributed by atoms with van der Waals surface area (Å²) >= 11 is 0. The van der Waals surface area contributed by atoms with Gasteiger partial charge in [0.25, 0.3) is 5.56 Å². The molecule has 0 unspecified atom stereocenters. The number of allylic oxidation sites excluding steroid dienone is 3. The smallest absolute Gasteiger partial charge is 0.297 e. The molecule has 0 aliphatic carbocycles. The number of fused-ring (bicyclic) bond motifs is 1. The minimum atomic E-state index is -0.117. The van der Waals surface area contributed by atoms with E-state index in [2.05, 4.69) is 53.7 Å². The maximum absolute atomic E-state index is 14.0. The molecule has 0 saturated carbocycles. The lowest BCUT2D eigenvalue weighted by molar-refractivity contribution is 0.277. The topological polar surface area (TPSA) is 49.7 Å². The molecular formula is C35H55NO4. The fourth-order valence-electron chi connectivity index (χ4n) is 4.62. The first kappa shape index (κ1) is 33.5. The summed E-state index contributed by atoms with van der Waals surface area (Å²) in [6.45, 7) is 15.1. The Bertz CT molecular complexity index is 1120. The number of rotatable bonds is 21. The van der Waals surface area contributed by atoms with Crippen LogP contribution in [0.4, 0.5) is 0 Å². The van der Waals surface area contributed by atoms with Crippen LogP contribution in [0.2, 0.25) is 0 Å². The normalized spacial score (nSPS) is 11.6. The third-order valence-corrected chi connectivity index (χ3v) is 7.15. The van der Waals surface area contributed by atoms with Crippen LogP contribution in [0.1, 0.15) is 119 Å². The molecule has 0 spiro atoms. The van der Waals surface area contributed by atoms with Crippen LogP contribution < -0.4 is 19.8 Å². The molecule has 1 aromatic heterocycles. The molecule has 2 rings (SSSR count). The lowest BCUT2D eigenvalue weighted by Crippen LogP contribution is -2.24. The van der Waals surface area contributed by atoms with Crippen LogP contribution in [0, 0.1) is 0 Å². The Morgan fingerprint density at radius 1 is 0.775 bits per heavy atom. The number of benzene rings is 1. The molecule has 5 nitrogen and oxygen atoms in total. The number of unbranched alkanes of at least 4 members (excludes halogenated alkanes) is 7. The molecular weight excluding hydrogens is 498 g/mol. The molecule has 1 heterocycles. The van der Waals surface area contributed by atoms with E-state index in [1.807, 2.05) is 22.8 Å². The summed E-state index contributed by atoms with van der Waals surface area (Å²) in [7, 11) is 0. The molecule has 1 aromatic carbocycles. The van der Waals surface area contributed by atoms with E-state index >= 15 is 0 Å². The number of pyridine rings is 1. The van der Waals surface area contributed by atoms with Gasteiger partial charge in [-0.1, -0.05) is 82.9 Å². The van der Waals surface area contributed by atoms with Crippen LogP contribution in [0.15, 0.2) is 46.3 Å². The first-order valence-corrected chi connectivity index (χ1v) is 15.8.